The standard InChI is InChI=1S/C17H22N4O2/c1-2-15-19-13-4-3-11(9-14(13)20-15)10-16(22)21-7-5-12(6-8-21)17(18)23/h3-4,9,12H,2,5-8,10H2,1H3,(H2,18,23)(H,19,20). The molecule has 0 saturated carbocycles. The van der Waals surface area contributed by atoms with E-state index in [1.165, 1.54) is 0 Å². The molecule has 3 N–H and O–H groups in total. The van der Waals surface area contributed by atoms with Crippen LogP contribution in [0, 0.1) is 5.92 Å². The number of amides is 2. The number of imidazole rings is 1. The number of nitrogens with two attached hydrogens (primary N) is 1. The third kappa shape index (κ3) is 3.36. The molecule has 1 aliphatic rings. The Bertz CT molecular complexity index is 729. The molecular weight excluding hydrogens is 292 g/mol. The van der Waals surface area contributed by atoms with Crippen molar-refractivity contribution in [2.75, 3.05) is 13.1 Å². The van der Waals surface area contributed by atoms with E-state index in [9.17, 15) is 9.59 Å². The van der Waals surface area contributed by atoms with Gasteiger partial charge in [0, 0.05) is 25.4 Å². The zero-order chi connectivity index (χ0) is 16.4. The SMILES string of the molecule is CCc1nc2ccc(CC(=O)N3CCC(C(N)=O)CC3)cc2[nH]1. The molecule has 122 valence electrons. The Morgan fingerprint density at radius 1 is 1.35 bits per heavy atom. The highest BCUT2D eigenvalue weighted by molar-refractivity contribution is 5.82. The lowest BCUT2D eigenvalue weighted by Crippen LogP contribution is -2.42. The summed E-state index contributed by atoms with van der Waals surface area (Å²) in [5.41, 5.74) is 8.21. The van der Waals surface area contributed by atoms with Crippen molar-refractivity contribution in [3.05, 3.63) is 29.6 Å². The Kier molecular flexibility index (Phi) is 4.32. The number of H-pyrrole nitrogens is 1. The average molecular weight is 314 g/mol. The first-order chi connectivity index (χ1) is 11.1. The normalized spacial score (nSPS) is 16.0. The highest BCUT2D eigenvalue weighted by Gasteiger charge is 2.25. The summed E-state index contributed by atoms with van der Waals surface area (Å²) in [7, 11) is 0. The van der Waals surface area contributed by atoms with E-state index in [1.807, 2.05) is 23.1 Å². The van der Waals surface area contributed by atoms with Crippen molar-refractivity contribution < 1.29 is 9.59 Å². The molecule has 6 nitrogen and oxygen atoms in total. The van der Waals surface area contributed by atoms with E-state index in [-0.39, 0.29) is 17.7 Å². The molecule has 3 rings (SSSR count). The van der Waals surface area contributed by atoms with Crippen LogP contribution in [-0.2, 0) is 22.4 Å². The highest BCUT2D eigenvalue weighted by atomic mass is 16.2. The van der Waals surface area contributed by atoms with Crippen molar-refractivity contribution >= 4 is 22.8 Å². The van der Waals surface area contributed by atoms with Gasteiger partial charge in [0.1, 0.15) is 5.82 Å². The summed E-state index contributed by atoms with van der Waals surface area (Å²) in [5, 5.41) is 0. The average Bonchev–Trinajstić information content (AvgIpc) is 2.97. The van der Waals surface area contributed by atoms with Crippen molar-refractivity contribution in [2.45, 2.75) is 32.6 Å². The monoisotopic (exact) mass is 314 g/mol. The Morgan fingerprint density at radius 3 is 2.74 bits per heavy atom. The lowest BCUT2D eigenvalue weighted by atomic mass is 9.96. The first-order valence-corrected chi connectivity index (χ1v) is 8.11. The van der Waals surface area contributed by atoms with Gasteiger partial charge in [-0.1, -0.05) is 13.0 Å². The molecule has 6 heteroatoms. The predicted molar refractivity (Wildman–Crippen MR) is 87.7 cm³/mol. The first kappa shape index (κ1) is 15.5. The second-order valence-corrected chi connectivity index (χ2v) is 6.12. The van der Waals surface area contributed by atoms with Gasteiger partial charge in [-0.15, -0.1) is 0 Å². The molecule has 0 radical (unpaired) electrons. The van der Waals surface area contributed by atoms with Crippen LogP contribution in [0.4, 0.5) is 0 Å². The van der Waals surface area contributed by atoms with E-state index in [0.29, 0.717) is 32.4 Å². The Balaban J connectivity index is 1.65. The van der Waals surface area contributed by atoms with Crippen LogP contribution in [0.2, 0.25) is 0 Å². The van der Waals surface area contributed by atoms with E-state index in [0.717, 1.165) is 28.8 Å². The molecule has 1 aliphatic heterocycles. The van der Waals surface area contributed by atoms with E-state index in [1.54, 1.807) is 0 Å². The van der Waals surface area contributed by atoms with Gasteiger partial charge in [-0.2, -0.15) is 0 Å². The quantitative estimate of drug-likeness (QED) is 0.893. The molecule has 1 fully saturated rings. The number of aryl methyl sites for hydroxylation is 1. The molecule has 0 aliphatic carbocycles. The van der Waals surface area contributed by atoms with E-state index in [4.69, 9.17) is 5.73 Å². The largest absolute Gasteiger partial charge is 0.369 e. The number of likely N-dealkylation sites (tertiary alicyclic amines) is 1. The van der Waals surface area contributed by atoms with Crippen molar-refractivity contribution in [2.24, 2.45) is 11.7 Å². The number of fused-ring (bicyclic) bond motifs is 1. The van der Waals surface area contributed by atoms with Gasteiger partial charge in [-0.05, 0) is 30.5 Å². The number of carbonyl (C=O) groups is 2. The summed E-state index contributed by atoms with van der Waals surface area (Å²) >= 11 is 0. The number of hydrogen-bond acceptors (Lipinski definition) is 3. The number of nitrogens with one attached hydrogen (secondary N) is 1. The fourth-order valence-corrected chi connectivity index (χ4v) is 3.09. The van der Waals surface area contributed by atoms with Crippen LogP contribution in [-0.4, -0.2) is 39.8 Å². The molecule has 2 heterocycles. The first-order valence-electron chi connectivity index (χ1n) is 8.11. The maximum absolute atomic E-state index is 12.4. The van der Waals surface area contributed by atoms with Crippen LogP contribution in [0.5, 0.6) is 0 Å². The Morgan fingerprint density at radius 2 is 2.09 bits per heavy atom. The van der Waals surface area contributed by atoms with Crippen LogP contribution in [0.25, 0.3) is 11.0 Å². The Hall–Kier alpha value is -2.37. The third-order valence-corrected chi connectivity index (χ3v) is 4.54. The number of rotatable bonds is 4. The van der Waals surface area contributed by atoms with E-state index < -0.39 is 0 Å². The Labute approximate surface area is 135 Å². The predicted octanol–water partition coefficient (Wildman–Crippen LogP) is 1.39. The van der Waals surface area contributed by atoms with Gasteiger partial charge in [0.2, 0.25) is 11.8 Å². The van der Waals surface area contributed by atoms with E-state index in [2.05, 4.69) is 16.9 Å². The second-order valence-electron chi connectivity index (χ2n) is 6.12. The molecule has 0 atom stereocenters. The number of primary amides is 1. The van der Waals surface area contributed by atoms with Crippen LogP contribution >= 0.6 is 0 Å². The maximum atomic E-state index is 12.4. The van der Waals surface area contributed by atoms with Gasteiger partial charge in [-0.25, -0.2) is 4.98 Å². The van der Waals surface area contributed by atoms with Crippen LogP contribution < -0.4 is 5.73 Å². The molecule has 1 aromatic carbocycles. The number of benzene rings is 1. The number of hydrogen-bond donors (Lipinski definition) is 2. The molecular formula is C17H22N4O2. The third-order valence-electron chi connectivity index (χ3n) is 4.54. The smallest absolute Gasteiger partial charge is 0.226 e. The maximum Gasteiger partial charge on any atom is 0.226 e. The summed E-state index contributed by atoms with van der Waals surface area (Å²) in [5.74, 6) is 0.709. The molecule has 0 unspecified atom stereocenters. The van der Waals surface area contributed by atoms with Crippen molar-refractivity contribution in [3.8, 4) is 0 Å². The number of nitrogens with zero attached hydrogens (tertiary/aromatic N) is 2. The molecule has 2 amide bonds. The van der Waals surface area contributed by atoms with E-state index >= 15 is 0 Å². The molecule has 1 aromatic heterocycles. The lowest BCUT2D eigenvalue weighted by Gasteiger charge is -2.30. The number of aromatic nitrogens is 2. The van der Waals surface area contributed by atoms with Gasteiger partial charge in [-0.3, -0.25) is 9.59 Å². The zero-order valence-electron chi connectivity index (χ0n) is 13.3. The number of aromatic amines is 1. The fourth-order valence-electron chi connectivity index (χ4n) is 3.09. The molecule has 1 saturated heterocycles. The second kappa shape index (κ2) is 6.40. The molecule has 23 heavy (non-hydrogen) atoms. The summed E-state index contributed by atoms with van der Waals surface area (Å²) in [6, 6.07) is 5.90. The number of piperidine rings is 1. The summed E-state index contributed by atoms with van der Waals surface area (Å²) in [4.78, 5) is 33.2. The fraction of sp³-hybridized carbons (Fsp3) is 0.471. The molecule has 2 aromatic rings. The van der Waals surface area contributed by atoms with Gasteiger partial charge in [0.05, 0.1) is 17.5 Å². The van der Waals surface area contributed by atoms with Crippen LogP contribution in [0.3, 0.4) is 0 Å². The van der Waals surface area contributed by atoms with Crippen molar-refractivity contribution in [1.82, 2.24) is 14.9 Å². The van der Waals surface area contributed by atoms with Crippen molar-refractivity contribution in [1.29, 1.82) is 0 Å². The molecule has 0 bridgehead atoms. The minimum absolute atomic E-state index is 0.0899. The van der Waals surface area contributed by atoms with Gasteiger partial charge >= 0.3 is 0 Å². The van der Waals surface area contributed by atoms with Gasteiger partial charge in [0.25, 0.3) is 0 Å². The topological polar surface area (TPSA) is 92.1 Å². The zero-order valence-corrected chi connectivity index (χ0v) is 13.3. The van der Waals surface area contributed by atoms with Gasteiger partial charge < -0.3 is 15.6 Å². The minimum Gasteiger partial charge on any atom is -0.369 e. The summed E-state index contributed by atoms with van der Waals surface area (Å²) < 4.78 is 0. The molecule has 0 spiro atoms. The number of carbonyl (C=O) groups excluding carboxylic acids is 2. The van der Waals surface area contributed by atoms with Crippen LogP contribution in [0.15, 0.2) is 18.2 Å². The summed E-state index contributed by atoms with van der Waals surface area (Å²) in [6.07, 6.45) is 2.57. The lowest BCUT2D eigenvalue weighted by molar-refractivity contribution is -0.134. The minimum atomic E-state index is -0.256. The van der Waals surface area contributed by atoms with Crippen LogP contribution in [0.1, 0.15) is 31.2 Å². The van der Waals surface area contributed by atoms with Crippen molar-refractivity contribution in [3.63, 3.8) is 0 Å². The van der Waals surface area contributed by atoms with Gasteiger partial charge in [0.15, 0.2) is 0 Å². The summed E-state index contributed by atoms with van der Waals surface area (Å²) in [6.45, 7) is 3.27. The highest BCUT2D eigenvalue weighted by Crippen LogP contribution is 2.19.